The Bertz CT molecular complexity index is 1090. The minimum atomic E-state index is -4.83. The van der Waals surface area contributed by atoms with Crippen molar-refractivity contribution in [2.24, 2.45) is 0 Å². The van der Waals surface area contributed by atoms with Gasteiger partial charge in [0.2, 0.25) is 0 Å². The Hall–Kier alpha value is -3.57. The van der Waals surface area contributed by atoms with E-state index in [-0.39, 0.29) is 35.9 Å². The number of likely N-dealkylation sites (tertiary alicyclic amines) is 1. The third kappa shape index (κ3) is 7.99. The molecule has 1 saturated heterocycles. The Kier molecular flexibility index (Phi) is 8.26. The number of carbonyl (C=O) groups is 2. The lowest BCUT2D eigenvalue weighted by Crippen LogP contribution is -2.48. The summed E-state index contributed by atoms with van der Waals surface area (Å²) >= 11 is 0. The molecule has 0 saturated carbocycles. The fourth-order valence-corrected chi connectivity index (χ4v) is 3.71. The van der Waals surface area contributed by atoms with Gasteiger partial charge in [-0.1, -0.05) is 6.07 Å². The second-order valence-corrected chi connectivity index (χ2v) is 9.53. The highest BCUT2D eigenvalue weighted by molar-refractivity contribution is 5.94. The molecule has 1 fully saturated rings. The van der Waals surface area contributed by atoms with Crippen molar-refractivity contribution in [3.63, 3.8) is 0 Å². The number of ether oxygens (including phenoxy) is 2. The van der Waals surface area contributed by atoms with Gasteiger partial charge in [-0.2, -0.15) is 0 Å². The van der Waals surface area contributed by atoms with Crippen LogP contribution in [0.2, 0.25) is 0 Å². The number of anilines is 2. The molecule has 3 heterocycles. The van der Waals surface area contributed by atoms with E-state index in [1.165, 1.54) is 0 Å². The lowest BCUT2D eigenvalue weighted by atomic mass is 10.0. The molecule has 196 valence electrons. The smallest absolute Gasteiger partial charge is 0.447 e. The Balaban J connectivity index is 1.73. The number of pyridine rings is 2. The average Bonchev–Trinajstić information content (AvgIpc) is 2.77. The van der Waals surface area contributed by atoms with Crippen LogP contribution in [0.15, 0.2) is 30.5 Å². The molecule has 1 atom stereocenters. The normalized spacial score (nSPS) is 16.3. The number of piperidine rings is 1. The van der Waals surface area contributed by atoms with Crippen molar-refractivity contribution in [2.45, 2.75) is 64.9 Å². The van der Waals surface area contributed by atoms with Gasteiger partial charge in [-0.05, 0) is 64.7 Å². The number of alkyl halides is 3. The summed E-state index contributed by atoms with van der Waals surface area (Å²) in [7, 11) is 0. The first kappa shape index (κ1) is 27.0. The Morgan fingerprint density at radius 2 is 1.89 bits per heavy atom. The van der Waals surface area contributed by atoms with E-state index >= 15 is 0 Å². The minimum Gasteiger partial charge on any atom is -0.447 e. The van der Waals surface area contributed by atoms with Crippen molar-refractivity contribution in [3.8, 4) is 5.75 Å². The second kappa shape index (κ2) is 11.0. The van der Waals surface area contributed by atoms with Crippen LogP contribution in [0.25, 0.3) is 0 Å². The van der Waals surface area contributed by atoms with Crippen LogP contribution in [0.3, 0.4) is 0 Å². The van der Waals surface area contributed by atoms with Gasteiger partial charge < -0.3 is 25.0 Å². The van der Waals surface area contributed by atoms with Gasteiger partial charge >= 0.3 is 12.5 Å². The number of nitrogens with one attached hydrogen (secondary N) is 2. The summed E-state index contributed by atoms with van der Waals surface area (Å²) in [6, 6.07) is 5.14. The first-order valence-corrected chi connectivity index (χ1v) is 11.5. The number of hydrogen-bond donors (Lipinski definition) is 2. The molecule has 1 aliphatic heterocycles. The molecule has 0 aliphatic carbocycles. The standard InChI is InChI=1S/C24H30F3N5O4/c1-15-8-9-18(29-19-13-17(10-11-28-19)36-24(25,26)27)30-20(15)21(33)32-12-6-5-7-16(32)14-35-22(34)31-23(2,3)4/h8-11,13,16H,5-7,12,14H2,1-4H3,(H,31,34)(H,28,29,30)/t16-/m1/s1. The molecule has 0 spiro atoms. The molecule has 0 radical (unpaired) electrons. The van der Waals surface area contributed by atoms with Gasteiger partial charge in [-0.15, -0.1) is 13.2 Å². The third-order valence-corrected chi connectivity index (χ3v) is 5.29. The van der Waals surface area contributed by atoms with E-state index in [2.05, 4.69) is 25.3 Å². The topological polar surface area (TPSA) is 106 Å². The number of hydrogen-bond acceptors (Lipinski definition) is 7. The molecular formula is C24H30F3N5O4. The summed E-state index contributed by atoms with van der Waals surface area (Å²) in [5.74, 6) is -0.451. The number of aryl methyl sites for hydroxylation is 1. The Morgan fingerprint density at radius 3 is 2.58 bits per heavy atom. The monoisotopic (exact) mass is 509 g/mol. The van der Waals surface area contributed by atoms with Crippen molar-refractivity contribution in [1.82, 2.24) is 20.2 Å². The van der Waals surface area contributed by atoms with Gasteiger partial charge in [0.15, 0.2) is 0 Å². The molecule has 0 unspecified atom stereocenters. The quantitative estimate of drug-likeness (QED) is 0.568. The molecule has 2 amide bonds. The number of alkyl carbamates (subject to hydrolysis) is 1. The number of rotatable bonds is 6. The van der Waals surface area contributed by atoms with Crippen LogP contribution in [-0.2, 0) is 4.74 Å². The van der Waals surface area contributed by atoms with Gasteiger partial charge in [0.05, 0.1) is 6.04 Å². The highest BCUT2D eigenvalue weighted by Gasteiger charge is 2.32. The molecule has 0 aromatic carbocycles. The third-order valence-electron chi connectivity index (χ3n) is 5.29. The predicted molar refractivity (Wildman–Crippen MR) is 126 cm³/mol. The molecular weight excluding hydrogens is 479 g/mol. The number of carbonyl (C=O) groups excluding carboxylic acids is 2. The molecule has 3 rings (SSSR count). The zero-order valence-corrected chi connectivity index (χ0v) is 20.6. The van der Waals surface area contributed by atoms with Gasteiger partial charge in [0.25, 0.3) is 5.91 Å². The van der Waals surface area contributed by atoms with Crippen LogP contribution in [0.5, 0.6) is 5.75 Å². The zero-order valence-electron chi connectivity index (χ0n) is 20.6. The van der Waals surface area contributed by atoms with Crippen LogP contribution in [0.4, 0.5) is 29.6 Å². The van der Waals surface area contributed by atoms with Crippen molar-refractivity contribution in [3.05, 3.63) is 41.7 Å². The number of aromatic nitrogens is 2. The maximum Gasteiger partial charge on any atom is 0.573 e. The van der Waals surface area contributed by atoms with E-state index in [1.54, 1.807) is 24.0 Å². The van der Waals surface area contributed by atoms with Crippen LogP contribution in [-0.4, -0.2) is 58.0 Å². The van der Waals surface area contributed by atoms with Gasteiger partial charge in [-0.3, -0.25) is 4.79 Å². The Labute approximate surface area is 207 Å². The lowest BCUT2D eigenvalue weighted by Gasteiger charge is -2.35. The second-order valence-electron chi connectivity index (χ2n) is 9.53. The largest absolute Gasteiger partial charge is 0.573 e. The summed E-state index contributed by atoms with van der Waals surface area (Å²) in [5.41, 5.74) is 0.373. The predicted octanol–water partition coefficient (Wildman–Crippen LogP) is 4.95. The Morgan fingerprint density at radius 1 is 1.14 bits per heavy atom. The summed E-state index contributed by atoms with van der Waals surface area (Å²) < 4.78 is 46.8. The number of halogens is 3. The molecule has 2 N–H and O–H groups in total. The summed E-state index contributed by atoms with van der Waals surface area (Å²) in [6.45, 7) is 7.82. The molecule has 9 nitrogen and oxygen atoms in total. The highest BCUT2D eigenvalue weighted by atomic mass is 19.4. The van der Waals surface area contributed by atoms with E-state index in [0.717, 1.165) is 31.2 Å². The fraction of sp³-hybridized carbons (Fsp3) is 0.500. The minimum absolute atomic E-state index is 0.0561. The van der Waals surface area contributed by atoms with E-state index in [9.17, 15) is 22.8 Å². The van der Waals surface area contributed by atoms with Crippen molar-refractivity contribution in [1.29, 1.82) is 0 Å². The van der Waals surface area contributed by atoms with Crippen LogP contribution in [0, 0.1) is 6.92 Å². The van der Waals surface area contributed by atoms with E-state index in [4.69, 9.17) is 4.74 Å². The van der Waals surface area contributed by atoms with E-state index in [1.807, 2.05) is 20.8 Å². The van der Waals surface area contributed by atoms with Gasteiger partial charge in [0, 0.05) is 24.3 Å². The SMILES string of the molecule is Cc1ccc(Nc2cc(OC(F)(F)F)ccn2)nc1C(=O)N1CCCC[C@@H]1COC(=O)NC(C)(C)C. The maximum atomic E-state index is 13.4. The van der Waals surface area contributed by atoms with Gasteiger partial charge in [-0.25, -0.2) is 14.8 Å². The first-order chi connectivity index (χ1) is 16.8. The molecule has 2 aromatic heterocycles. The first-order valence-electron chi connectivity index (χ1n) is 11.5. The fourth-order valence-electron chi connectivity index (χ4n) is 3.71. The van der Waals surface area contributed by atoms with Crippen molar-refractivity contribution >= 4 is 23.6 Å². The highest BCUT2D eigenvalue weighted by Crippen LogP contribution is 2.26. The van der Waals surface area contributed by atoms with Gasteiger partial charge in [0.1, 0.15) is 29.7 Å². The molecule has 2 aromatic rings. The van der Waals surface area contributed by atoms with E-state index in [0.29, 0.717) is 18.5 Å². The van der Waals surface area contributed by atoms with E-state index < -0.39 is 23.7 Å². The molecule has 1 aliphatic rings. The van der Waals surface area contributed by atoms with Crippen LogP contribution in [0.1, 0.15) is 56.1 Å². The maximum absolute atomic E-state index is 13.4. The zero-order chi connectivity index (χ0) is 26.5. The molecule has 36 heavy (non-hydrogen) atoms. The van der Waals surface area contributed by atoms with Crippen molar-refractivity contribution in [2.75, 3.05) is 18.5 Å². The van der Waals surface area contributed by atoms with Crippen LogP contribution >= 0.6 is 0 Å². The molecule has 12 heteroatoms. The number of amides is 2. The number of nitrogens with zero attached hydrogens (tertiary/aromatic N) is 3. The molecule has 0 bridgehead atoms. The summed E-state index contributed by atoms with van der Waals surface area (Å²) in [5, 5.41) is 5.54. The van der Waals surface area contributed by atoms with Crippen molar-refractivity contribution < 1.29 is 32.2 Å². The lowest BCUT2D eigenvalue weighted by molar-refractivity contribution is -0.274. The average molecular weight is 510 g/mol. The van der Waals surface area contributed by atoms with Crippen LogP contribution < -0.4 is 15.4 Å². The summed E-state index contributed by atoms with van der Waals surface area (Å²) in [4.78, 5) is 35.6. The summed E-state index contributed by atoms with van der Waals surface area (Å²) in [6.07, 6.45) is -1.83.